The summed E-state index contributed by atoms with van der Waals surface area (Å²) in [6.45, 7) is 6.71. The van der Waals surface area contributed by atoms with Crippen LogP contribution in [0.15, 0.2) is 0 Å². The molecule has 0 spiro atoms. The van der Waals surface area contributed by atoms with Gasteiger partial charge >= 0.3 is 38.2 Å². The van der Waals surface area contributed by atoms with Crippen molar-refractivity contribution in [2.75, 3.05) is 0 Å². The van der Waals surface area contributed by atoms with Gasteiger partial charge < -0.3 is 9.59 Å². The van der Waals surface area contributed by atoms with E-state index >= 15 is 0 Å². The second-order valence-electron chi connectivity index (χ2n) is 2.90. The quantitative estimate of drug-likeness (QED) is 0.643. The van der Waals surface area contributed by atoms with E-state index in [-0.39, 0.29) is 37.8 Å². The Morgan fingerprint density at radius 1 is 0.875 bits per heavy atom. The molecule has 0 amide bonds. The predicted molar refractivity (Wildman–Crippen MR) is 51.4 cm³/mol. The Hall–Kier alpha value is -0.317. The number of hydrogen-bond acceptors (Lipinski definition) is 2. The van der Waals surface area contributed by atoms with Gasteiger partial charge in [0.1, 0.15) is 11.6 Å². The molecule has 0 unspecified atom stereocenters. The van der Waals surface area contributed by atoms with Crippen molar-refractivity contribution in [3.8, 4) is 0 Å². The van der Waals surface area contributed by atoms with Crippen LogP contribution in [0.5, 0.6) is 0 Å². The van der Waals surface area contributed by atoms with Crippen LogP contribution in [-0.2, 0) is 35.8 Å². The van der Waals surface area contributed by atoms with Crippen LogP contribution in [0.4, 0.5) is 13.2 Å². The van der Waals surface area contributed by atoms with E-state index in [2.05, 4.69) is 0 Å². The number of Topliss-reactive ketones (excluding diaryl/α,β-unsaturated/α-hetero) is 2. The summed E-state index contributed by atoms with van der Waals surface area (Å²) in [5.41, 5.74) is 0. The maximum absolute atomic E-state index is 10.9. The SMILES string of the molecule is CC(=[OH+])C(F)(F)F.CC(C)=O.CC(C)=O.[Zr+4]. The number of ketones is 3. The zero-order valence-electron chi connectivity index (χ0n) is 9.90. The fraction of sp³-hybridized carbons (Fsp3) is 0.667. The Bertz CT molecular complexity index is 205. The minimum absolute atomic E-state index is 0. The third-order valence-corrected chi connectivity index (χ3v) is 0.410. The van der Waals surface area contributed by atoms with Gasteiger partial charge in [-0.2, -0.15) is 13.2 Å². The standard InChI is InChI=1S/C3H3F3O.2C3H6O.Zr/c1-2(7)3(4,5)6;2*1-3(2)4;/h1H3;2*1-2H3;/q;;;+4/p+1. The Morgan fingerprint density at radius 3 is 0.938 bits per heavy atom. The van der Waals surface area contributed by atoms with Crippen LogP contribution in [0.1, 0.15) is 34.6 Å². The summed E-state index contributed by atoms with van der Waals surface area (Å²) in [5.74, 6) is -1.17. The molecule has 0 atom stereocenters. The summed E-state index contributed by atoms with van der Waals surface area (Å²) in [4.78, 5) is 26.6. The van der Waals surface area contributed by atoms with Gasteiger partial charge in [0, 0.05) is 0 Å². The molecule has 0 aromatic heterocycles. The van der Waals surface area contributed by atoms with Gasteiger partial charge in [0.25, 0.3) is 0 Å². The number of rotatable bonds is 0. The van der Waals surface area contributed by atoms with Crippen LogP contribution in [0, 0.1) is 0 Å². The largest absolute Gasteiger partial charge is 4.00 e. The number of halogens is 3. The Labute approximate surface area is 112 Å². The van der Waals surface area contributed by atoms with E-state index in [0.29, 0.717) is 6.92 Å². The molecule has 1 N–H and O–H groups in total. The van der Waals surface area contributed by atoms with E-state index in [4.69, 9.17) is 4.79 Å². The number of hydrogen-bond donors (Lipinski definition) is 0. The Balaban J connectivity index is -0.0000000700. The molecule has 7 heteroatoms. The fourth-order valence-electron chi connectivity index (χ4n) is 0. The average molecular weight is 320 g/mol. The topological polar surface area (TPSA) is 55.5 Å². The molecule has 0 rings (SSSR count). The minimum Gasteiger partial charge on any atom is -0.300 e. The molecule has 0 aromatic rings. The monoisotopic (exact) mass is 319 g/mol. The summed E-state index contributed by atoms with van der Waals surface area (Å²) in [5, 5.41) is 0. The van der Waals surface area contributed by atoms with Crippen molar-refractivity contribution in [2.45, 2.75) is 40.8 Å². The van der Waals surface area contributed by atoms with Crippen molar-refractivity contribution < 1.29 is 53.8 Å². The molecule has 16 heavy (non-hydrogen) atoms. The van der Waals surface area contributed by atoms with E-state index in [0.717, 1.165) is 0 Å². The first-order chi connectivity index (χ1) is 6.41. The molecule has 0 aliphatic heterocycles. The van der Waals surface area contributed by atoms with E-state index in [1.807, 2.05) is 0 Å². The van der Waals surface area contributed by atoms with Crippen molar-refractivity contribution in [3.63, 3.8) is 0 Å². The second kappa shape index (κ2) is 12.8. The van der Waals surface area contributed by atoms with Crippen molar-refractivity contribution in [1.82, 2.24) is 0 Å². The molecule has 0 aromatic carbocycles. The molecular formula is C9H16F3O3Zr+5. The third-order valence-electron chi connectivity index (χ3n) is 0.410. The molecule has 0 saturated heterocycles. The van der Waals surface area contributed by atoms with Crippen LogP contribution in [0.2, 0.25) is 0 Å². The Kier molecular flexibility index (Phi) is 19.7. The predicted octanol–water partition coefficient (Wildman–Crippen LogP) is 2.30. The van der Waals surface area contributed by atoms with E-state index in [1.165, 1.54) is 27.7 Å². The number of carbonyl (C=O) groups excluding carboxylic acids is 3. The van der Waals surface area contributed by atoms with Crippen LogP contribution in [-0.4, -0.2) is 28.3 Å². The Morgan fingerprint density at radius 2 is 0.938 bits per heavy atom. The van der Waals surface area contributed by atoms with E-state index < -0.39 is 12.0 Å². The smallest absolute Gasteiger partial charge is 0.300 e. The van der Waals surface area contributed by atoms with Crippen LogP contribution in [0.25, 0.3) is 0 Å². The zero-order chi connectivity index (χ0) is 13.2. The van der Waals surface area contributed by atoms with Gasteiger partial charge in [-0.05, 0) is 27.7 Å². The molecule has 90 valence electrons. The van der Waals surface area contributed by atoms with Gasteiger partial charge in [0.2, 0.25) is 0 Å². The van der Waals surface area contributed by atoms with Crippen LogP contribution in [0.3, 0.4) is 0 Å². The first kappa shape index (κ1) is 24.8. The molecule has 0 aliphatic rings. The molecule has 3 nitrogen and oxygen atoms in total. The van der Waals surface area contributed by atoms with Gasteiger partial charge in [-0.1, -0.05) is 0 Å². The van der Waals surface area contributed by atoms with Crippen molar-refractivity contribution in [2.24, 2.45) is 0 Å². The first-order valence-corrected chi connectivity index (χ1v) is 3.95. The summed E-state index contributed by atoms with van der Waals surface area (Å²) >= 11 is 0. The minimum atomic E-state index is -4.53. The van der Waals surface area contributed by atoms with Gasteiger partial charge in [-0.3, -0.25) is 4.79 Å². The third kappa shape index (κ3) is 68.1. The summed E-state index contributed by atoms with van der Waals surface area (Å²) in [6, 6.07) is 0. The molecule has 0 radical (unpaired) electrons. The fourth-order valence-corrected chi connectivity index (χ4v) is 0. The van der Waals surface area contributed by atoms with Crippen LogP contribution < -0.4 is 0 Å². The zero-order valence-corrected chi connectivity index (χ0v) is 12.4. The molecule has 0 bridgehead atoms. The van der Waals surface area contributed by atoms with Gasteiger partial charge in [-0.15, -0.1) is 0 Å². The van der Waals surface area contributed by atoms with Gasteiger partial charge in [-0.25, -0.2) is 0 Å². The van der Waals surface area contributed by atoms with Gasteiger partial charge in [0.15, 0.2) is 0 Å². The maximum Gasteiger partial charge on any atom is 4.00 e. The molecular weight excluding hydrogens is 304 g/mol. The molecule has 0 saturated carbocycles. The number of carbonyl (C=O) groups is 2. The summed E-state index contributed by atoms with van der Waals surface area (Å²) < 4.78 is 32.7. The van der Waals surface area contributed by atoms with Crippen molar-refractivity contribution in [3.05, 3.63) is 0 Å². The van der Waals surface area contributed by atoms with Crippen LogP contribution >= 0.6 is 0 Å². The number of alkyl halides is 3. The van der Waals surface area contributed by atoms with Crippen molar-refractivity contribution in [1.29, 1.82) is 0 Å². The maximum atomic E-state index is 10.9. The first-order valence-electron chi connectivity index (χ1n) is 3.95. The van der Waals surface area contributed by atoms with Crippen molar-refractivity contribution >= 4 is 17.3 Å². The van der Waals surface area contributed by atoms with E-state index in [9.17, 15) is 22.8 Å². The van der Waals surface area contributed by atoms with E-state index in [1.54, 1.807) is 0 Å². The average Bonchev–Trinajstić information content (AvgIpc) is 1.80. The molecule has 0 fully saturated rings. The normalized spacial score (nSPS) is 8.25. The second-order valence-corrected chi connectivity index (χ2v) is 2.90. The van der Waals surface area contributed by atoms with Gasteiger partial charge in [0.05, 0.1) is 6.92 Å². The molecule has 0 heterocycles. The molecule has 0 aliphatic carbocycles. The summed E-state index contributed by atoms with van der Waals surface area (Å²) in [7, 11) is 0. The summed E-state index contributed by atoms with van der Waals surface area (Å²) in [6.07, 6.45) is -4.53.